The van der Waals surface area contributed by atoms with E-state index in [1.807, 2.05) is 20.9 Å². The number of aromatic nitrogens is 2. The van der Waals surface area contributed by atoms with Crippen LogP contribution in [-0.2, 0) is 18.6 Å². The summed E-state index contributed by atoms with van der Waals surface area (Å²) in [6.45, 7) is 7.26. The largest absolute Gasteiger partial charge is 0.338 e. The molecule has 1 aromatic carbocycles. The fraction of sp³-hybridized carbons (Fsp3) is 0.467. The molecule has 0 radical (unpaired) electrons. The minimum absolute atomic E-state index is 0. The molecular formula is C15H23ClN4O. The van der Waals surface area contributed by atoms with Crippen molar-refractivity contribution in [2.45, 2.75) is 39.4 Å². The summed E-state index contributed by atoms with van der Waals surface area (Å²) >= 11 is 0. The molecule has 2 N–H and O–H groups in total. The molecule has 0 unspecified atom stereocenters. The molecule has 0 aliphatic rings. The maximum Gasteiger partial charge on any atom is 0.240 e. The molecule has 6 heteroatoms. The Morgan fingerprint density at radius 2 is 2.00 bits per heavy atom. The van der Waals surface area contributed by atoms with E-state index in [-0.39, 0.29) is 12.4 Å². The van der Waals surface area contributed by atoms with Gasteiger partial charge in [0.1, 0.15) is 0 Å². The highest BCUT2D eigenvalue weighted by atomic mass is 35.5. The number of halogens is 1. The van der Waals surface area contributed by atoms with Gasteiger partial charge in [0.2, 0.25) is 5.89 Å². The number of nitrogens with two attached hydrogens (primary N) is 1. The molecule has 0 amide bonds. The fourth-order valence-electron chi connectivity index (χ4n) is 1.99. The molecule has 116 valence electrons. The van der Waals surface area contributed by atoms with E-state index in [1.165, 1.54) is 11.1 Å². The molecule has 1 aromatic heterocycles. The Morgan fingerprint density at radius 3 is 2.57 bits per heavy atom. The molecule has 1 heterocycles. The van der Waals surface area contributed by atoms with Gasteiger partial charge < -0.3 is 10.3 Å². The molecule has 21 heavy (non-hydrogen) atoms. The quantitative estimate of drug-likeness (QED) is 0.919. The van der Waals surface area contributed by atoms with Crippen molar-refractivity contribution in [3.63, 3.8) is 0 Å². The van der Waals surface area contributed by atoms with Gasteiger partial charge in [0, 0.05) is 6.54 Å². The molecule has 0 aliphatic carbocycles. The van der Waals surface area contributed by atoms with E-state index in [1.54, 1.807) is 0 Å². The maximum absolute atomic E-state index is 5.94. The van der Waals surface area contributed by atoms with Crippen LogP contribution in [0.5, 0.6) is 0 Å². The van der Waals surface area contributed by atoms with Crippen molar-refractivity contribution in [2.75, 3.05) is 7.05 Å². The van der Waals surface area contributed by atoms with Gasteiger partial charge >= 0.3 is 0 Å². The topological polar surface area (TPSA) is 68.2 Å². The monoisotopic (exact) mass is 310 g/mol. The summed E-state index contributed by atoms with van der Waals surface area (Å²) in [5.74, 6) is 1.13. The van der Waals surface area contributed by atoms with Gasteiger partial charge in [-0.05, 0) is 33.4 Å². The van der Waals surface area contributed by atoms with Crippen LogP contribution in [0.1, 0.15) is 36.7 Å². The Hall–Kier alpha value is -1.43. The third-order valence-corrected chi connectivity index (χ3v) is 2.98. The Kier molecular flexibility index (Phi) is 5.89. The number of nitrogens with zero attached hydrogens (tertiary/aromatic N) is 3. The van der Waals surface area contributed by atoms with Crippen LogP contribution in [0.4, 0.5) is 0 Å². The highest BCUT2D eigenvalue weighted by molar-refractivity contribution is 5.85. The second kappa shape index (κ2) is 7.02. The molecular weight excluding hydrogens is 288 g/mol. The van der Waals surface area contributed by atoms with Crippen LogP contribution in [0.15, 0.2) is 28.8 Å². The van der Waals surface area contributed by atoms with Gasteiger partial charge in [0.05, 0.1) is 12.1 Å². The number of rotatable bonds is 5. The first-order valence-electron chi connectivity index (χ1n) is 6.70. The minimum Gasteiger partial charge on any atom is -0.338 e. The lowest BCUT2D eigenvalue weighted by atomic mass is 10.1. The summed E-state index contributed by atoms with van der Waals surface area (Å²) in [7, 11) is 2.03. The average Bonchev–Trinajstić information content (AvgIpc) is 2.76. The number of aryl methyl sites for hydroxylation is 1. The first-order chi connectivity index (χ1) is 9.34. The summed E-state index contributed by atoms with van der Waals surface area (Å²) in [5.41, 5.74) is 7.90. The smallest absolute Gasteiger partial charge is 0.240 e. The van der Waals surface area contributed by atoms with E-state index >= 15 is 0 Å². The van der Waals surface area contributed by atoms with Crippen LogP contribution >= 0.6 is 12.4 Å². The molecule has 0 spiro atoms. The van der Waals surface area contributed by atoms with E-state index in [2.05, 4.69) is 46.2 Å². The van der Waals surface area contributed by atoms with Crippen LogP contribution in [0.25, 0.3) is 0 Å². The van der Waals surface area contributed by atoms with E-state index in [4.69, 9.17) is 10.3 Å². The van der Waals surface area contributed by atoms with Crippen LogP contribution in [0.3, 0.4) is 0 Å². The normalized spacial score (nSPS) is 11.5. The minimum atomic E-state index is -0.573. The van der Waals surface area contributed by atoms with E-state index in [0.29, 0.717) is 18.3 Å². The first-order valence-corrected chi connectivity index (χ1v) is 6.70. The zero-order valence-corrected chi connectivity index (χ0v) is 13.8. The van der Waals surface area contributed by atoms with Crippen molar-refractivity contribution < 1.29 is 4.52 Å². The Bertz CT molecular complexity index is 577. The Morgan fingerprint density at radius 1 is 1.29 bits per heavy atom. The van der Waals surface area contributed by atoms with Crippen molar-refractivity contribution in [2.24, 2.45) is 5.73 Å². The summed E-state index contributed by atoms with van der Waals surface area (Å²) in [4.78, 5) is 6.47. The van der Waals surface area contributed by atoms with E-state index in [0.717, 1.165) is 6.54 Å². The predicted octanol–water partition coefficient (Wildman–Crippen LogP) is 2.63. The van der Waals surface area contributed by atoms with Crippen molar-refractivity contribution >= 4 is 12.4 Å². The SMILES string of the molecule is Cc1cccc(CN(C)Cc2nc(C(C)(C)N)no2)c1.Cl. The van der Waals surface area contributed by atoms with E-state index < -0.39 is 5.54 Å². The second-order valence-corrected chi connectivity index (χ2v) is 5.89. The number of benzene rings is 1. The Balaban J connectivity index is 0.00000220. The third kappa shape index (κ3) is 5.12. The van der Waals surface area contributed by atoms with Gasteiger partial charge in [-0.2, -0.15) is 4.98 Å². The Labute approximate surface area is 131 Å². The summed E-state index contributed by atoms with van der Waals surface area (Å²) in [6.07, 6.45) is 0. The first kappa shape index (κ1) is 17.6. The zero-order chi connectivity index (χ0) is 14.8. The zero-order valence-electron chi connectivity index (χ0n) is 13.0. The molecule has 5 nitrogen and oxygen atoms in total. The summed E-state index contributed by atoms with van der Waals surface area (Å²) in [6, 6.07) is 8.46. The van der Waals surface area contributed by atoms with Crippen molar-refractivity contribution in [1.82, 2.24) is 15.0 Å². The number of hydrogen-bond donors (Lipinski definition) is 1. The summed E-state index contributed by atoms with van der Waals surface area (Å²) in [5, 5.41) is 3.92. The van der Waals surface area contributed by atoms with Gasteiger partial charge in [-0.3, -0.25) is 4.90 Å². The predicted molar refractivity (Wildman–Crippen MR) is 85.1 cm³/mol. The molecule has 0 saturated heterocycles. The molecule has 0 atom stereocenters. The van der Waals surface area contributed by atoms with Crippen LogP contribution in [0, 0.1) is 6.92 Å². The lowest BCUT2D eigenvalue weighted by Crippen LogP contribution is -2.30. The van der Waals surface area contributed by atoms with Crippen LogP contribution in [-0.4, -0.2) is 22.1 Å². The van der Waals surface area contributed by atoms with Crippen LogP contribution < -0.4 is 5.73 Å². The van der Waals surface area contributed by atoms with Gasteiger partial charge in [0.25, 0.3) is 0 Å². The van der Waals surface area contributed by atoms with E-state index in [9.17, 15) is 0 Å². The highest BCUT2D eigenvalue weighted by Crippen LogP contribution is 2.14. The van der Waals surface area contributed by atoms with Crippen LogP contribution in [0.2, 0.25) is 0 Å². The number of hydrogen-bond acceptors (Lipinski definition) is 5. The van der Waals surface area contributed by atoms with Crippen molar-refractivity contribution in [3.05, 3.63) is 47.1 Å². The average molecular weight is 311 g/mol. The summed E-state index contributed by atoms with van der Waals surface area (Å²) < 4.78 is 5.24. The molecule has 0 aliphatic heterocycles. The fourth-order valence-corrected chi connectivity index (χ4v) is 1.99. The van der Waals surface area contributed by atoms with Crippen molar-refractivity contribution in [3.8, 4) is 0 Å². The van der Waals surface area contributed by atoms with Gasteiger partial charge in [-0.25, -0.2) is 0 Å². The second-order valence-electron chi connectivity index (χ2n) is 5.89. The lowest BCUT2D eigenvalue weighted by Gasteiger charge is -2.14. The standard InChI is InChI=1S/C15H22N4O.ClH/c1-11-6-5-7-12(8-11)9-19(4)10-13-17-14(18-20-13)15(2,3)16;/h5-8H,9-10,16H2,1-4H3;1H. The van der Waals surface area contributed by atoms with Gasteiger partial charge in [-0.15, -0.1) is 12.4 Å². The molecule has 2 aromatic rings. The molecule has 0 fully saturated rings. The lowest BCUT2D eigenvalue weighted by molar-refractivity contribution is 0.259. The van der Waals surface area contributed by atoms with Gasteiger partial charge in [0.15, 0.2) is 5.82 Å². The third-order valence-electron chi connectivity index (χ3n) is 2.98. The van der Waals surface area contributed by atoms with Crippen molar-refractivity contribution in [1.29, 1.82) is 0 Å². The highest BCUT2D eigenvalue weighted by Gasteiger charge is 2.21. The van der Waals surface area contributed by atoms with Gasteiger partial charge in [-0.1, -0.05) is 35.0 Å². The molecule has 0 saturated carbocycles. The molecule has 0 bridgehead atoms. The maximum atomic E-state index is 5.94. The molecule has 2 rings (SSSR count).